The largest absolute Gasteiger partial charge is 0.481 e. The third-order valence-corrected chi connectivity index (χ3v) is 3.15. The summed E-state index contributed by atoms with van der Waals surface area (Å²) < 4.78 is 0. The predicted octanol–water partition coefficient (Wildman–Crippen LogP) is 0.792. The lowest BCUT2D eigenvalue weighted by atomic mass is 10.1. The zero-order valence-corrected chi connectivity index (χ0v) is 10.9. The molecule has 0 aromatic heterocycles. The number of carbonyl (C=O) groups excluding carboxylic acids is 1. The van der Waals surface area contributed by atoms with E-state index in [0.717, 1.165) is 19.3 Å². The van der Waals surface area contributed by atoms with Gasteiger partial charge in [0.15, 0.2) is 0 Å². The highest BCUT2D eigenvalue weighted by Gasteiger charge is 2.37. The SMILES string of the molecule is CCCC1CC1NC(=O)NC(CCC(=O)O)C(=O)O. The molecule has 0 aromatic rings. The van der Waals surface area contributed by atoms with Gasteiger partial charge in [-0.1, -0.05) is 13.3 Å². The lowest BCUT2D eigenvalue weighted by Crippen LogP contribution is -2.47. The second-order valence-corrected chi connectivity index (χ2v) is 4.83. The molecular formula is C12H20N2O5. The fraction of sp³-hybridized carbons (Fsp3) is 0.750. The number of urea groups is 1. The Morgan fingerprint density at radius 2 is 2.00 bits per heavy atom. The van der Waals surface area contributed by atoms with E-state index >= 15 is 0 Å². The Morgan fingerprint density at radius 1 is 1.32 bits per heavy atom. The van der Waals surface area contributed by atoms with E-state index in [1.165, 1.54) is 0 Å². The lowest BCUT2D eigenvalue weighted by molar-refractivity contribution is -0.140. The molecule has 7 heteroatoms. The maximum Gasteiger partial charge on any atom is 0.326 e. The molecule has 4 N–H and O–H groups in total. The van der Waals surface area contributed by atoms with Gasteiger partial charge in [-0.15, -0.1) is 0 Å². The maximum atomic E-state index is 11.6. The Morgan fingerprint density at radius 3 is 2.53 bits per heavy atom. The molecule has 3 atom stereocenters. The lowest BCUT2D eigenvalue weighted by Gasteiger charge is -2.14. The van der Waals surface area contributed by atoms with Gasteiger partial charge in [0, 0.05) is 12.5 Å². The van der Waals surface area contributed by atoms with Gasteiger partial charge < -0.3 is 20.8 Å². The van der Waals surface area contributed by atoms with Crippen LogP contribution in [0.4, 0.5) is 4.79 Å². The van der Waals surface area contributed by atoms with Crippen molar-refractivity contribution in [1.82, 2.24) is 10.6 Å². The van der Waals surface area contributed by atoms with Gasteiger partial charge in [-0.3, -0.25) is 4.79 Å². The zero-order valence-electron chi connectivity index (χ0n) is 10.9. The van der Waals surface area contributed by atoms with E-state index in [4.69, 9.17) is 10.2 Å². The molecule has 1 saturated carbocycles. The quantitative estimate of drug-likeness (QED) is 0.521. The average molecular weight is 272 g/mol. The summed E-state index contributed by atoms with van der Waals surface area (Å²) in [4.78, 5) is 32.8. The number of amides is 2. The Labute approximate surface area is 111 Å². The molecule has 7 nitrogen and oxygen atoms in total. The van der Waals surface area contributed by atoms with Gasteiger partial charge in [-0.25, -0.2) is 9.59 Å². The summed E-state index contributed by atoms with van der Waals surface area (Å²) in [6.45, 7) is 2.07. The molecular weight excluding hydrogens is 252 g/mol. The van der Waals surface area contributed by atoms with Crippen molar-refractivity contribution in [3.05, 3.63) is 0 Å². The fourth-order valence-corrected chi connectivity index (χ4v) is 2.01. The first-order valence-corrected chi connectivity index (χ1v) is 6.45. The van der Waals surface area contributed by atoms with E-state index in [0.29, 0.717) is 5.92 Å². The molecule has 0 bridgehead atoms. The number of hydrogen-bond donors (Lipinski definition) is 4. The molecule has 2 amide bonds. The van der Waals surface area contributed by atoms with Crippen molar-refractivity contribution >= 4 is 18.0 Å². The zero-order chi connectivity index (χ0) is 14.4. The predicted molar refractivity (Wildman–Crippen MR) is 66.8 cm³/mol. The van der Waals surface area contributed by atoms with Crippen molar-refractivity contribution in [2.24, 2.45) is 5.92 Å². The molecule has 1 aliphatic carbocycles. The first-order valence-electron chi connectivity index (χ1n) is 6.45. The van der Waals surface area contributed by atoms with Crippen LogP contribution in [0.5, 0.6) is 0 Å². The topological polar surface area (TPSA) is 116 Å². The summed E-state index contributed by atoms with van der Waals surface area (Å²) in [6.07, 6.45) is 2.61. The molecule has 3 unspecified atom stereocenters. The molecule has 0 aliphatic heterocycles. The molecule has 0 heterocycles. The van der Waals surface area contributed by atoms with Crippen LogP contribution in [-0.2, 0) is 9.59 Å². The fourth-order valence-electron chi connectivity index (χ4n) is 2.01. The van der Waals surface area contributed by atoms with Crippen molar-refractivity contribution < 1.29 is 24.6 Å². The molecule has 1 rings (SSSR count). The van der Waals surface area contributed by atoms with Gasteiger partial charge in [0.25, 0.3) is 0 Å². The van der Waals surface area contributed by atoms with Crippen LogP contribution in [-0.4, -0.2) is 40.3 Å². The van der Waals surface area contributed by atoms with Crippen LogP contribution in [0.1, 0.15) is 39.0 Å². The number of carboxylic acid groups (broad SMARTS) is 2. The summed E-state index contributed by atoms with van der Waals surface area (Å²) >= 11 is 0. The van der Waals surface area contributed by atoms with Crippen molar-refractivity contribution in [3.63, 3.8) is 0 Å². The van der Waals surface area contributed by atoms with Gasteiger partial charge in [0.1, 0.15) is 6.04 Å². The third-order valence-electron chi connectivity index (χ3n) is 3.15. The highest BCUT2D eigenvalue weighted by Crippen LogP contribution is 2.34. The summed E-state index contributed by atoms with van der Waals surface area (Å²) in [5.41, 5.74) is 0. The molecule has 108 valence electrons. The maximum absolute atomic E-state index is 11.6. The summed E-state index contributed by atoms with van der Waals surface area (Å²) in [6, 6.07) is -1.59. The molecule has 0 spiro atoms. The van der Waals surface area contributed by atoms with Crippen LogP contribution in [0.15, 0.2) is 0 Å². The van der Waals surface area contributed by atoms with E-state index < -0.39 is 24.0 Å². The first kappa shape index (κ1) is 15.3. The number of rotatable bonds is 8. The Balaban J connectivity index is 2.31. The van der Waals surface area contributed by atoms with Gasteiger partial charge in [0.05, 0.1) is 0 Å². The van der Waals surface area contributed by atoms with Crippen molar-refractivity contribution in [2.45, 2.75) is 51.1 Å². The van der Waals surface area contributed by atoms with Gasteiger partial charge in [-0.05, 0) is 25.2 Å². The molecule has 0 aromatic carbocycles. The smallest absolute Gasteiger partial charge is 0.326 e. The minimum absolute atomic E-state index is 0.119. The van der Waals surface area contributed by atoms with E-state index in [9.17, 15) is 14.4 Å². The molecule has 1 fully saturated rings. The number of hydrogen-bond acceptors (Lipinski definition) is 3. The normalized spacial score (nSPS) is 22.4. The number of aliphatic carboxylic acids is 2. The van der Waals surface area contributed by atoms with Crippen LogP contribution in [0.3, 0.4) is 0 Å². The Hall–Kier alpha value is -1.79. The number of carbonyl (C=O) groups is 3. The third kappa shape index (κ3) is 5.58. The molecule has 1 aliphatic rings. The summed E-state index contributed by atoms with van der Waals surface area (Å²) in [7, 11) is 0. The Kier molecular flexibility index (Phi) is 5.59. The highest BCUT2D eigenvalue weighted by molar-refractivity contribution is 5.83. The van der Waals surface area contributed by atoms with E-state index in [1.54, 1.807) is 0 Å². The van der Waals surface area contributed by atoms with Gasteiger partial charge >= 0.3 is 18.0 Å². The van der Waals surface area contributed by atoms with Gasteiger partial charge in [-0.2, -0.15) is 0 Å². The van der Waals surface area contributed by atoms with Crippen LogP contribution in [0.25, 0.3) is 0 Å². The van der Waals surface area contributed by atoms with Crippen molar-refractivity contribution in [3.8, 4) is 0 Å². The number of nitrogens with one attached hydrogen (secondary N) is 2. The highest BCUT2D eigenvalue weighted by atomic mass is 16.4. The van der Waals surface area contributed by atoms with Crippen LogP contribution in [0, 0.1) is 5.92 Å². The van der Waals surface area contributed by atoms with E-state index in [2.05, 4.69) is 17.6 Å². The van der Waals surface area contributed by atoms with Crippen LogP contribution < -0.4 is 10.6 Å². The second kappa shape index (κ2) is 6.96. The number of carboxylic acids is 2. The average Bonchev–Trinajstić information content (AvgIpc) is 3.02. The minimum Gasteiger partial charge on any atom is -0.481 e. The first-order chi connectivity index (χ1) is 8.93. The van der Waals surface area contributed by atoms with Crippen molar-refractivity contribution in [2.75, 3.05) is 0 Å². The standard InChI is InChI=1S/C12H20N2O5/c1-2-3-7-6-9(7)14-12(19)13-8(11(17)18)4-5-10(15)16/h7-9H,2-6H2,1H3,(H,15,16)(H,17,18)(H2,13,14,19). The monoisotopic (exact) mass is 272 g/mol. The van der Waals surface area contributed by atoms with Crippen LogP contribution >= 0.6 is 0 Å². The van der Waals surface area contributed by atoms with Gasteiger partial charge in [0.2, 0.25) is 0 Å². The van der Waals surface area contributed by atoms with Crippen molar-refractivity contribution in [1.29, 1.82) is 0 Å². The Bertz CT molecular complexity index is 358. The minimum atomic E-state index is -1.22. The second-order valence-electron chi connectivity index (χ2n) is 4.83. The molecule has 0 radical (unpaired) electrons. The van der Waals surface area contributed by atoms with Crippen LogP contribution in [0.2, 0.25) is 0 Å². The summed E-state index contributed by atoms with van der Waals surface area (Å²) in [5.74, 6) is -1.82. The molecule has 19 heavy (non-hydrogen) atoms. The molecule has 0 saturated heterocycles. The summed E-state index contributed by atoms with van der Waals surface area (Å²) in [5, 5.41) is 22.4. The van der Waals surface area contributed by atoms with E-state index in [1.807, 2.05) is 0 Å². The van der Waals surface area contributed by atoms with E-state index in [-0.39, 0.29) is 18.9 Å².